The number of ether oxygens (including phenoxy) is 2. The fourth-order valence-corrected chi connectivity index (χ4v) is 3.84. The number of rotatable bonds is 9. The van der Waals surface area contributed by atoms with Gasteiger partial charge in [-0.1, -0.05) is 18.2 Å². The number of nitrogens with zero attached hydrogens (tertiary/aromatic N) is 2. The zero-order valence-corrected chi connectivity index (χ0v) is 17.4. The van der Waals surface area contributed by atoms with Crippen LogP contribution in [0.4, 0.5) is 0 Å². The van der Waals surface area contributed by atoms with Crippen LogP contribution in [0, 0.1) is 13.8 Å². The van der Waals surface area contributed by atoms with Crippen molar-refractivity contribution in [2.45, 2.75) is 45.9 Å². The molecule has 0 bridgehead atoms. The van der Waals surface area contributed by atoms with Crippen LogP contribution in [0.3, 0.4) is 0 Å². The van der Waals surface area contributed by atoms with Crippen LogP contribution in [0.25, 0.3) is 0 Å². The molecule has 0 amide bonds. The zero-order chi connectivity index (χ0) is 19.8. The van der Waals surface area contributed by atoms with E-state index in [4.69, 9.17) is 9.47 Å². The topological polar surface area (TPSA) is 46.6 Å². The van der Waals surface area contributed by atoms with Crippen molar-refractivity contribution in [3.8, 4) is 5.75 Å². The molecule has 3 rings (SSSR count). The Morgan fingerprint density at radius 3 is 2.54 bits per heavy atom. The quantitative estimate of drug-likeness (QED) is 0.718. The van der Waals surface area contributed by atoms with E-state index in [0.29, 0.717) is 12.6 Å². The molecule has 0 atom stereocenters. The first-order valence-electron chi connectivity index (χ1n) is 10.2. The molecule has 5 nitrogen and oxygen atoms in total. The minimum Gasteiger partial charge on any atom is -0.487 e. The summed E-state index contributed by atoms with van der Waals surface area (Å²) in [6.07, 6.45) is 4.20. The van der Waals surface area contributed by atoms with Crippen molar-refractivity contribution in [3.63, 3.8) is 0 Å². The molecule has 2 heterocycles. The highest BCUT2D eigenvalue weighted by Gasteiger charge is 2.18. The molecular weight excluding hydrogens is 350 g/mol. The molecule has 1 saturated heterocycles. The van der Waals surface area contributed by atoms with E-state index in [0.717, 1.165) is 44.2 Å². The fourth-order valence-electron chi connectivity index (χ4n) is 3.84. The average molecular weight is 384 g/mol. The maximum Gasteiger partial charge on any atom is 0.130 e. The van der Waals surface area contributed by atoms with E-state index in [1.165, 1.54) is 29.5 Å². The van der Waals surface area contributed by atoms with Gasteiger partial charge < -0.3 is 19.7 Å². The molecule has 1 aliphatic heterocycles. The molecule has 0 unspecified atom stereocenters. The maximum absolute atomic E-state index is 6.05. The number of benzene rings is 1. The smallest absolute Gasteiger partial charge is 0.130 e. The first kappa shape index (κ1) is 20.8. The summed E-state index contributed by atoms with van der Waals surface area (Å²) in [6, 6.07) is 11.0. The van der Waals surface area contributed by atoms with Crippen molar-refractivity contribution in [1.82, 2.24) is 15.2 Å². The van der Waals surface area contributed by atoms with Crippen LogP contribution in [-0.2, 0) is 17.9 Å². The summed E-state index contributed by atoms with van der Waals surface area (Å²) < 4.78 is 11.2. The number of pyridine rings is 1. The average Bonchev–Trinajstić information content (AvgIpc) is 2.71. The lowest BCUT2D eigenvalue weighted by atomic mass is 10.0. The molecule has 0 saturated carbocycles. The van der Waals surface area contributed by atoms with Crippen molar-refractivity contribution in [2.24, 2.45) is 0 Å². The molecule has 1 aliphatic rings. The lowest BCUT2D eigenvalue weighted by Gasteiger charge is -2.32. The van der Waals surface area contributed by atoms with E-state index in [1.807, 2.05) is 18.2 Å². The lowest BCUT2D eigenvalue weighted by Crippen LogP contribution is -2.43. The van der Waals surface area contributed by atoms with Crippen LogP contribution >= 0.6 is 0 Å². The summed E-state index contributed by atoms with van der Waals surface area (Å²) in [6.45, 7) is 9.83. The number of hydrogen-bond donors (Lipinski definition) is 1. The van der Waals surface area contributed by atoms with Gasteiger partial charge in [-0.2, -0.15) is 0 Å². The van der Waals surface area contributed by atoms with E-state index in [-0.39, 0.29) is 0 Å². The van der Waals surface area contributed by atoms with Crippen LogP contribution in [0.5, 0.6) is 5.75 Å². The molecule has 1 aromatic heterocycles. The number of piperidine rings is 1. The van der Waals surface area contributed by atoms with Crippen LogP contribution in [0.1, 0.15) is 35.2 Å². The molecule has 152 valence electrons. The Hall–Kier alpha value is -1.95. The Balaban J connectivity index is 1.49. The van der Waals surface area contributed by atoms with Gasteiger partial charge in [0.1, 0.15) is 12.4 Å². The molecule has 0 radical (unpaired) electrons. The third-order valence-corrected chi connectivity index (χ3v) is 5.40. The third-order valence-electron chi connectivity index (χ3n) is 5.40. The highest BCUT2D eigenvalue weighted by Crippen LogP contribution is 2.26. The van der Waals surface area contributed by atoms with E-state index >= 15 is 0 Å². The van der Waals surface area contributed by atoms with Crippen LogP contribution in [0.2, 0.25) is 0 Å². The molecule has 28 heavy (non-hydrogen) atoms. The summed E-state index contributed by atoms with van der Waals surface area (Å²) in [4.78, 5) is 6.82. The SMILES string of the molecule is COCCN1CCC(NCc2cc(C)c(OCc3ccccn3)c(C)c2)CC1. The van der Waals surface area contributed by atoms with Gasteiger partial charge in [0.15, 0.2) is 0 Å². The normalized spacial score (nSPS) is 15.7. The number of nitrogens with one attached hydrogen (secondary N) is 1. The monoisotopic (exact) mass is 383 g/mol. The van der Waals surface area contributed by atoms with E-state index in [2.05, 4.69) is 41.2 Å². The second-order valence-electron chi connectivity index (χ2n) is 7.66. The Bertz CT molecular complexity index is 705. The predicted octanol–water partition coefficient (Wildman–Crippen LogP) is 3.48. The Labute approximate surface area is 169 Å². The summed E-state index contributed by atoms with van der Waals surface area (Å²) in [5, 5.41) is 3.74. The van der Waals surface area contributed by atoms with Gasteiger partial charge in [-0.15, -0.1) is 0 Å². The molecule has 1 N–H and O–H groups in total. The number of hydrogen-bond acceptors (Lipinski definition) is 5. The summed E-state index contributed by atoms with van der Waals surface area (Å²) >= 11 is 0. The number of methoxy groups -OCH3 is 1. The van der Waals surface area contributed by atoms with E-state index in [9.17, 15) is 0 Å². The van der Waals surface area contributed by atoms with Crippen LogP contribution in [-0.4, -0.2) is 49.3 Å². The van der Waals surface area contributed by atoms with Crippen molar-refractivity contribution in [2.75, 3.05) is 33.4 Å². The minimum atomic E-state index is 0.502. The predicted molar refractivity (Wildman–Crippen MR) is 113 cm³/mol. The van der Waals surface area contributed by atoms with Gasteiger partial charge in [0, 0.05) is 32.4 Å². The summed E-state index contributed by atoms with van der Waals surface area (Å²) in [5.41, 5.74) is 4.63. The minimum absolute atomic E-state index is 0.502. The molecule has 1 fully saturated rings. The first-order valence-corrected chi connectivity index (χ1v) is 10.2. The first-order chi connectivity index (χ1) is 13.7. The van der Waals surface area contributed by atoms with Gasteiger partial charge in [-0.05, 0) is 68.6 Å². The standard InChI is InChI=1S/C23H33N3O2/c1-18-14-20(16-25-21-7-10-26(11-8-21)12-13-27-3)15-19(2)23(18)28-17-22-6-4-5-9-24-22/h4-6,9,14-15,21,25H,7-8,10-13,16-17H2,1-3H3. The molecule has 0 spiro atoms. The summed E-state index contributed by atoms with van der Waals surface area (Å²) in [7, 11) is 1.77. The number of aryl methyl sites for hydroxylation is 2. The van der Waals surface area contributed by atoms with Crippen molar-refractivity contribution < 1.29 is 9.47 Å². The Kier molecular flexibility index (Phi) is 7.83. The van der Waals surface area contributed by atoms with E-state index in [1.54, 1.807) is 13.3 Å². The highest BCUT2D eigenvalue weighted by atomic mass is 16.5. The lowest BCUT2D eigenvalue weighted by molar-refractivity contribution is 0.126. The van der Waals surface area contributed by atoms with Crippen molar-refractivity contribution >= 4 is 0 Å². The van der Waals surface area contributed by atoms with Crippen molar-refractivity contribution in [1.29, 1.82) is 0 Å². The maximum atomic E-state index is 6.05. The molecule has 5 heteroatoms. The largest absolute Gasteiger partial charge is 0.487 e. The fraction of sp³-hybridized carbons (Fsp3) is 0.522. The van der Waals surface area contributed by atoms with Gasteiger partial charge in [-0.25, -0.2) is 0 Å². The Morgan fingerprint density at radius 1 is 1.14 bits per heavy atom. The van der Waals surface area contributed by atoms with Gasteiger partial charge in [0.05, 0.1) is 12.3 Å². The third kappa shape index (κ3) is 6.03. The van der Waals surface area contributed by atoms with Crippen LogP contribution in [0.15, 0.2) is 36.5 Å². The number of likely N-dealkylation sites (tertiary alicyclic amines) is 1. The van der Waals surface area contributed by atoms with Crippen LogP contribution < -0.4 is 10.1 Å². The second-order valence-corrected chi connectivity index (χ2v) is 7.66. The summed E-state index contributed by atoms with van der Waals surface area (Å²) in [5.74, 6) is 0.973. The van der Waals surface area contributed by atoms with Crippen molar-refractivity contribution in [3.05, 3.63) is 58.9 Å². The van der Waals surface area contributed by atoms with Gasteiger partial charge in [0.2, 0.25) is 0 Å². The molecular formula is C23H33N3O2. The van der Waals surface area contributed by atoms with Gasteiger partial charge >= 0.3 is 0 Å². The second kappa shape index (κ2) is 10.6. The zero-order valence-electron chi connectivity index (χ0n) is 17.4. The Morgan fingerprint density at radius 2 is 1.89 bits per heavy atom. The van der Waals surface area contributed by atoms with E-state index < -0.39 is 0 Å². The highest BCUT2D eigenvalue weighted by molar-refractivity contribution is 5.43. The molecule has 2 aromatic rings. The van der Waals surface area contributed by atoms with Gasteiger partial charge in [0.25, 0.3) is 0 Å². The molecule has 0 aliphatic carbocycles. The van der Waals surface area contributed by atoms with Gasteiger partial charge in [-0.3, -0.25) is 4.98 Å². The molecule has 1 aromatic carbocycles. The number of aromatic nitrogens is 1.